The molecule has 0 aliphatic carbocycles. The number of likely N-dealkylation sites (tertiary alicyclic amines) is 1. The van der Waals surface area contributed by atoms with Gasteiger partial charge in [-0.05, 0) is 36.8 Å². The van der Waals surface area contributed by atoms with Crippen molar-refractivity contribution in [3.05, 3.63) is 72.3 Å². The monoisotopic (exact) mass is 446 g/mol. The van der Waals surface area contributed by atoms with Crippen LogP contribution in [0.25, 0.3) is 5.70 Å². The van der Waals surface area contributed by atoms with Gasteiger partial charge < -0.3 is 18.9 Å². The van der Waals surface area contributed by atoms with Crippen molar-refractivity contribution >= 4 is 11.6 Å². The fraction of sp³-hybridized carbons (Fsp3) is 0.375. The van der Waals surface area contributed by atoms with Crippen LogP contribution in [0.3, 0.4) is 0 Å². The first-order valence-corrected chi connectivity index (χ1v) is 10.5. The first kappa shape index (κ1) is 22.0. The lowest BCUT2D eigenvalue weighted by Crippen LogP contribution is -2.48. The van der Waals surface area contributed by atoms with E-state index in [1.54, 1.807) is 4.90 Å². The van der Waals surface area contributed by atoms with Gasteiger partial charge in [0, 0.05) is 37.7 Å². The molecule has 0 saturated carbocycles. The smallest absolute Gasteiger partial charge is 0.419 e. The topological polar surface area (TPSA) is 43.7 Å². The number of piperidine rings is 1. The van der Waals surface area contributed by atoms with Crippen molar-refractivity contribution in [2.24, 2.45) is 0 Å². The van der Waals surface area contributed by atoms with Gasteiger partial charge in [0.05, 0.1) is 23.6 Å². The van der Waals surface area contributed by atoms with Gasteiger partial charge in [0.15, 0.2) is 5.60 Å². The van der Waals surface area contributed by atoms with Crippen LogP contribution in [0.2, 0.25) is 0 Å². The number of carbonyl (C=O) groups excluding carboxylic acids is 1. The lowest BCUT2D eigenvalue weighted by atomic mass is 9.86. The SMILES string of the molecule is C=C1OC2(CCN(C(=O)c3ccc(OCCC)c(C(F)(F)F)c3)CC2)c2cccn2C1=C. The zero-order valence-corrected chi connectivity index (χ0v) is 17.9. The number of benzene rings is 1. The summed E-state index contributed by atoms with van der Waals surface area (Å²) in [4.78, 5) is 14.6. The number of hydrogen-bond acceptors (Lipinski definition) is 3. The van der Waals surface area contributed by atoms with Crippen molar-refractivity contribution in [3.8, 4) is 5.75 Å². The Kier molecular flexibility index (Phi) is 5.56. The summed E-state index contributed by atoms with van der Waals surface area (Å²) in [6.07, 6.45) is -1.14. The maximum Gasteiger partial charge on any atom is 0.419 e. The Morgan fingerprint density at radius 1 is 1.22 bits per heavy atom. The number of ether oxygens (including phenoxy) is 2. The zero-order valence-electron chi connectivity index (χ0n) is 17.9. The Morgan fingerprint density at radius 2 is 1.94 bits per heavy atom. The number of carbonyl (C=O) groups is 1. The average Bonchev–Trinajstić information content (AvgIpc) is 3.27. The van der Waals surface area contributed by atoms with Crippen LogP contribution in [0.1, 0.15) is 47.8 Å². The van der Waals surface area contributed by atoms with Gasteiger partial charge in [0.2, 0.25) is 0 Å². The summed E-state index contributed by atoms with van der Waals surface area (Å²) in [6, 6.07) is 7.36. The molecule has 0 radical (unpaired) electrons. The van der Waals surface area contributed by atoms with E-state index in [0.717, 1.165) is 11.8 Å². The minimum atomic E-state index is -4.62. The number of amides is 1. The molecule has 1 saturated heterocycles. The summed E-state index contributed by atoms with van der Waals surface area (Å²) in [5.74, 6) is -0.226. The van der Waals surface area contributed by atoms with E-state index in [9.17, 15) is 18.0 Å². The lowest BCUT2D eigenvalue weighted by Gasteiger charge is -2.45. The van der Waals surface area contributed by atoms with Crippen LogP contribution in [0.15, 0.2) is 55.4 Å². The highest BCUT2D eigenvalue weighted by Gasteiger charge is 2.45. The largest absolute Gasteiger partial charge is 0.493 e. The number of nitrogens with zero attached hydrogens (tertiary/aromatic N) is 2. The van der Waals surface area contributed by atoms with Crippen molar-refractivity contribution in [2.75, 3.05) is 19.7 Å². The third-order valence-electron chi connectivity index (χ3n) is 6.00. The fourth-order valence-corrected chi connectivity index (χ4v) is 4.30. The molecule has 170 valence electrons. The molecule has 2 aliphatic heterocycles. The van der Waals surface area contributed by atoms with E-state index >= 15 is 0 Å². The third kappa shape index (κ3) is 3.78. The highest BCUT2D eigenvalue weighted by Crippen LogP contribution is 2.45. The molecule has 1 aromatic heterocycles. The van der Waals surface area contributed by atoms with Gasteiger partial charge in [-0.1, -0.05) is 20.1 Å². The normalized spacial score (nSPS) is 17.8. The van der Waals surface area contributed by atoms with Crippen molar-refractivity contribution in [1.29, 1.82) is 0 Å². The maximum atomic E-state index is 13.5. The molecule has 0 bridgehead atoms. The van der Waals surface area contributed by atoms with Crippen LogP contribution in [0.5, 0.6) is 5.75 Å². The molecule has 4 rings (SSSR count). The molecule has 0 atom stereocenters. The third-order valence-corrected chi connectivity index (χ3v) is 6.00. The van der Waals surface area contributed by atoms with Gasteiger partial charge in [-0.2, -0.15) is 13.2 Å². The molecule has 0 unspecified atom stereocenters. The second-order valence-electron chi connectivity index (χ2n) is 8.08. The summed E-state index contributed by atoms with van der Waals surface area (Å²) in [7, 11) is 0. The van der Waals surface area contributed by atoms with E-state index in [4.69, 9.17) is 9.47 Å². The van der Waals surface area contributed by atoms with Gasteiger partial charge in [0.25, 0.3) is 5.91 Å². The van der Waals surface area contributed by atoms with Gasteiger partial charge in [0.1, 0.15) is 11.5 Å². The van der Waals surface area contributed by atoms with Gasteiger partial charge in [-0.15, -0.1) is 0 Å². The molecule has 0 N–H and O–H groups in total. The Bertz CT molecular complexity index is 1060. The molecule has 2 aromatic rings. The van der Waals surface area contributed by atoms with E-state index in [0.29, 0.717) is 43.8 Å². The summed E-state index contributed by atoms with van der Waals surface area (Å²) in [5.41, 5.74) is 0.0300. The Morgan fingerprint density at radius 3 is 2.59 bits per heavy atom. The second kappa shape index (κ2) is 8.07. The fourth-order valence-electron chi connectivity index (χ4n) is 4.30. The zero-order chi connectivity index (χ0) is 23.1. The van der Waals surface area contributed by atoms with E-state index in [-0.39, 0.29) is 17.9 Å². The van der Waals surface area contributed by atoms with E-state index in [2.05, 4.69) is 13.2 Å². The molecule has 2 aliphatic rings. The van der Waals surface area contributed by atoms with Crippen LogP contribution >= 0.6 is 0 Å². The first-order valence-electron chi connectivity index (χ1n) is 10.5. The highest BCUT2D eigenvalue weighted by molar-refractivity contribution is 5.94. The quantitative estimate of drug-likeness (QED) is 0.628. The van der Waals surface area contributed by atoms with Crippen molar-refractivity contribution in [1.82, 2.24) is 9.47 Å². The number of alkyl halides is 3. The van der Waals surface area contributed by atoms with Crippen molar-refractivity contribution in [2.45, 2.75) is 38.0 Å². The van der Waals surface area contributed by atoms with E-state index in [1.807, 2.05) is 29.8 Å². The summed E-state index contributed by atoms with van der Waals surface area (Å²) < 4.78 is 53.9. The first-order chi connectivity index (χ1) is 15.2. The number of fused-ring (bicyclic) bond motifs is 2. The lowest BCUT2D eigenvalue weighted by molar-refractivity contribution is -0.139. The van der Waals surface area contributed by atoms with E-state index in [1.165, 1.54) is 12.1 Å². The van der Waals surface area contributed by atoms with E-state index < -0.39 is 23.2 Å². The molecule has 3 heterocycles. The van der Waals surface area contributed by atoms with Gasteiger partial charge >= 0.3 is 6.18 Å². The molecule has 1 aromatic carbocycles. The molecule has 8 heteroatoms. The average molecular weight is 446 g/mol. The summed E-state index contributed by atoms with van der Waals surface area (Å²) >= 11 is 0. The predicted molar refractivity (Wildman–Crippen MR) is 114 cm³/mol. The Balaban J connectivity index is 1.54. The molecule has 1 amide bonds. The van der Waals surface area contributed by atoms with Crippen molar-refractivity contribution in [3.63, 3.8) is 0 Å². The standard InChI is InChI=1S/C24H25F3N2O3/c1-4-14-31-20-8-7-18(15-19(20)24(25,26)27)22(30)28-12-9-23(10-13-28)21-6-5-11-29(21)16(2)17(3)32-23/h5-8,11,15H,2-4,9-10,12-14H2,1H3. The number of rotatable bonds is 4. The number of allylic oxidation sites excluding steroid dienone is 1. The molecule has 5 nitrogen and oxygen atoms in total. The molecule has 32 heavy (non-hydrogen) atoms. The molecule has 1 fully saturated rings. The number of aromatic nitrogens is 1. The second-order valence-corrected chi connectivity index (χ2v) is 8.08. The Labute approximate surface area is 184 Å². The minimum Gasteiger partial charge on any atom is -0.493 e. The van der Waals surface area contributed by atoms with Crippen molar-refractivity contribution < 1.29 is 27.4 Å². The summed E-state index contributed by atoms with van der Waals surface area (Å²) in [6.45, 7) is 10.6. The minimum absolute atomic E-state index is 0.0113. The molecular formula is C24H25F3N2O3. The number of halogens is 3. The van der Waals surface area contributed by atoms with Gasteiger partial charge in [-0.3, -0.25) is 4.79 Å². The van der Waals surface area contributed by atoms with Crippen LogP contribution in [0.4, 0.5) is 13.2 Å². The maximum absolute atomic E-state index is 13.5. The van der Waals surface area contributed by atoms with Crippen LogP contribution in [-0.4, -0.2) is 35.1 Å². The molecule has 1 spiro atoms. The highest BCUT2D eigenvalue weighted by atomic mass is 19.4. The molecular weight excluding hydrogens is 421 g/mol. The van der Waals surface area contributed by atoms with Crippen LogP contribution in [0, 0.1) is 0 Å². The summed E-state index contributed by atoms with van der Waals surface area (Å²) in [5, 5.41) is 0. The predicted octanol–water partition coefficient (Wildman–Crippen LogP) is 5.44. The Hall–Kier alpha value is -3.16. The van der Waals surface area contributed by atoms with Gasteiger partial charge in [-0.25, -0.2) is 0 Å². The van der Waals surface area contributed by atoms with Crippen LogP contribution < -0.4 is 4.74 Å². The van der Waals surface area contributed by atoms with Crippen LogP contribution in [-0.2, 0) is 16.5 Å². The number of hydrogen-bond donors (Lipinski definition) is 0.